The highest BCUT2D eigenvalue weighted by molar-refractivity contribution is 9.10. The molecule has 0 radical (unpaired) electrons. The van der Waals surface area contributed by atoms with Crippen LogP contribution in [0.2, 0.25) is 0 Å². The SMILES string of the molecule is COc1csc(C(N)c2ccc(OC)c(Br)c2OC)c1. The number of hydrogen-bond donors (Lipinski definition) is 1. The molecule has 1 heterocycles. The van der Waals surface area contributed by atoms with Crippen LogP contribution in [0.1, 0.15) is 16.5 Å². The second kappa shape index (κ2) is 6.47. The number of rotatable bonds is 5. The molecular weight excluding hydrogens is 342 g/mol. The number of ether oxygens (including phenoxy) is 3. The summed E-state index contributed by atoms with van der Waals surface area (Å²) in [7, 11) is 4.87. The van der Waals surface area contributed by atoms with Crippen LogP contribution < -0.4 is 19.9 Å². The third-order valence-corrected chi connectivity index (χ3v) is 4.73. The van der Waals surface area contributed by atoms with Crippen molar-refractivity contribution < 1.29 is 14.2 Å². The normalized spacial score (nSPS) is 12.1. The lowest BCUT2D eigenvalue weighted by atomic mass is 10.0. The first-order valence-corrected chi connectivity index (χ1v) is 7.58. The van der Waals surface area contributed by atoms with Crippen LogP contribution in [0.4, 0.5) is 0 Å². The van der Waals surface area contributed by atoms with E-state index in [2.05, 4.69) is 15.9 Å². The summed E-state index contributed by atoms with van der Waals surface area (Å²) in [6, 6.07) is 5.44. The standard InChI is InChI=1S/C14H16BrNO3S/c1-17-8-6-11(20-7-8)13(16)9-4-5-10(18-2)12(15)14(9)19-3/h4-7,13H,16H2,1-3H3. The molecule has 1 aromatic carbocycles. The van der Waals surface area contributed by atoms with Crippen molar-refractivity contribution in [2.75, 3.05) is 21.3 Å². The van der Waals surface area contributed by atoms with Gasteiger partial charge in [0.25, 0.3) is 0 Å². The van der Waals surface area contributed by atoms with Gasteiger partial charge in [0, 0.05) is 15.8 Å². The number of halogens is 1. The van der Waals surface area contributed by atoms with E-state index in [0.29, 0.717) is 11.5 Å². The molecule has 2 N–H and O–H groups in total. The first-order chi connectivity index (χ1) is 9.62. The van der Waals surface area contributed by atoms with Crippen molar-refractivity contribution in [3.05, 3.63) is 38.5 Å². The van der Waals surface area contributed by atoms with Crippen molar-refractivity contribution in [3.8, 4) is 17.2 Å². The van der Waals surface area contributed by atoms with Crippen LogP contribution in [-0.4, -0.2) is 21.3 Å². The number of thiophene rings is 1. The fraction of sp³-hybridized carbons (Fsp3) is 0.286. The van der Waals surface area contributed by atoms with Gasteiger partial charge in [-0.25, -0.2) is 0 Å². The summed E-state index contributed by atoms with van der Waals surface area (Å²) in [5.41, 5.74) is 7.23. The van der Waals surface area contributed by atoms with Crippen LogP contribution in [-0.2, 0) is 0 Å². The maximum atomic E-state index is 6.33. The number of methoxy groups -OCH3 is 3. The number of hydrogen-bond acceptors (Lipinski definition) is 5. The van der Waals surface area contributed by atoms with Crippen molar-refractivity contribution in [3.63, 3.8) is 0 Å². The lowest BCUT2D eigenvalue weighted by Gasteiger charge is -2.17. The second-order valence-corrected chi connectivity index (χ2v) is 5.81. The monoisotopic (exact) mass is 357 g/mol. The van der Waals surface area contributed by atoms with Gasteiger partial charge in [-0.15, -0.1) is 11.3 Å². The zero-order valence-corrected chi connectivity index (χ0v) is 13.9. The smallest absolute Gasteiger partial charge is 0.141 e. The van der Waals surface area contributed by atoms with E-state index in [0.717, 1.165) is 20.7 Å². The first kappa shape index (κ1) is 15.2. The van der Waals surface area contributed by atoms with E-state index in [1.807, 2.05) is 23.6 Å². The Morgan fingerprint density at radius 2 is 1.90 bits per heavy atom. The molecule has 2 aromatic rings. The van der Waals surface area contributed by atoms with Gasteiger partial charge in [0.1, 0.15) is 21.7 Å². The van der Waals surface area contributed by atoms with Crippen LogP contribution in [0, 0.1) is 0 Å². The first-order valence-electron chi connectivity index (χ1n) is 5.90. The summed E-state index contributed by atoms with van der Waals surface area (Å²) >= 11 is 5.05. The van der Waals surface area contributed by atoms with Crippen molar-refractivity contribution in [1.29, 1.82) is 0 Å². The van der Waals surface area contributed by atoms with E-state index in [1.165, 1.54) is 0 Å². The highest BCUT2D eigenvalue weighted by atomic mass is 79.9. The summed E-state index contributed by atoms with van der Waals surface area (Å²) in [5.74, 6) is 2.21. The minimum Gasteiger partial charge on any atom is -0.496 e. The van der Waals surface area contributed by atoms with E-state index < -0.39 is 0 Å². The van der Waals surface area contributed by atoms with Crippen molar-refractivity contribution in [2.24, 2.45) is 5.73 Å². The minimum absolute atomic E-state index is 0.277. The van der Waals surface area contributed by atoms with Gasteiger partial charge < -0.3 is 19.9 Å². The molecule has 1 aromatic heterocycles. The molecule has 2 rings (SSSR count). The van der Waals surface area contributed by atoms with Crippen molar-refractivity contribution in [2.45, 2.75) is 6.04 Å². The van der Waals surface area contributed by atoms with Gasteiger partial charge in [0.15, 0.2) is 0 Å². The quantitative estimate of drug-likeness (QED) is 0.888. The van der Waals surface area contributed by atoms with Crippen LogP contribution >= 0.6 is 27.3 Å². The predicted octanol–water partition coefficient (Wildman–Crippen LogP) is 3.58. The molecule has 0 spiro atoms. The molecule has 0 bridgehead atoms. The van der Waals surface area contributed by atoms with E-state index in [1.54, 1.807) is 32.7 Å². The van der Waals surface area contributed by atoms with Crippen LogP contribution in [0.15, 0.2) is 28.1 Å². The van der Waals surface area contributed by atoms with E-state index in [4.69, 9.17) is 19.9 Å². The van der Waals surface area contributed by atoms with Crippen LogP contribution in [0.3, 0.4) is 0 Å². The topological polar surface area (TPSA) is 53.7 Å². The van der Waals surface area contributed by atoms with Crippen LogP contribution in [0.5, 0.6) is 17.2 Å². The summed E-state index contributed by atoms with van der Waals surface area (Å²) < 4.78 is 16.7. The molecule has 0 saturated carbocycles. The fourth-order valence-corrected chi connectivity index (χ4v) is 3.48. The molecule has 1 unspecified atom stereocenters. The summed E-state index contributed by atoms with van der Waals surface area (Å²) in [6.45, 7) is 0. The zero-order chi connectivity index (χ0) is 14.7. The molecule has 6 heteroatoms. The lowest BCUT2D eigenvalue weighted by Crippen LogP contribution is -2.12. The number of nitrogens with two attached hydrogens (primary N) is 1. The lowest BCUT2D eigenvalue weighted by molar-refractivity contribution is 0.385. The molecule has 0 aliphatic carbocycles. The van der Waals surface area contributed by atoms with Crippen molar-refractivity contribution in [1.82, 2.24) is 0 Å². The Balaban J connectivity index is 2.43. The Hall–Kier alpha value is -1.24. The Morgan fingerprint density at radius 3 is 2.45 bits per heavy atom. The van der Waals surface area contributed by atoms with Gasteiger partial charge in [-0.05, 0) is 34.1 Å². The third-order valence-electron chi connectivity index (χ3n) is 2.99. The van der Waals surface area contributed by atoms with Gasteiger partial charge in [-0.1, -0.05) is 0 Å². The molecule has 0 amide bonds. The second-order valence-electron chi connectivity index (χ2n) is 4.07. The molecule has 4 nitrogen and oxygen atoms in total. The number of benzene rings is 1. The third kappa shape index (κ3) is 2.77. The molecule has 0 fully saturated rings. The average molecular weight is 358 g/mol. The fourth-order valence-electron chi connectivity index (χ4n) is 1.92. The van der Waals surface area contributed by atoms with Crippen LogP contribution in [0.25, 0.3) is 0 Å². The molecule has 20 heavy (non-hydrogen) atoms. The Bertz CT molecular complexity index is 600. The summed E-state index contributed by atoms with van der Waals surface area (Å²) in [6.07, 6.45) is 0. The highest BCUT2D eigenvalue weighted by Crippen LogP contribution is 2.41. The van der Waals surface area contributed by atoms with Gasteiger partial charge in [-0.2, -0.15) is 0 Å². The molecule has 0 aliphatic rings. The molecule has 0 aliphatic heterocycles. The van der Waals surface area contributed by atoms with Crippen molar-refractivity contribution >= 4 is 27.3 Å². The average Bonchev–Trinajstić information content (AvgIpc) is 2.95. The molecule has 0 saturated heterocycles. The summed E-state index contributed by atoms with van der Waals surface area (Å²) in [4.78, 5) is 1.01. The highest BCUT2D eigenvalue weighted by Gasteiger charge is 2.20. The molecule has 1 atom stereocenters. The van der Waals surface area contributed by atoms with E-state index >= 15 is 0 Å². The molecular formula is C14H16BrNO3S. The maximum Gasteiger partial charge on any atom is 0.141 e. The van der Waals surface area contributed by atoms with Gasteiger partial charge in [-0.3, -0.25) is 0 Å². The van der Waals surface area contributed by atoms with E-state index in [9.17, 15) is 0 Å². The van der Waals surface area contributed by atoms with Gasteiger partial charge in [0.05, 0.1) is 27.4 Å². The summed E-state index contributed by atoms with van der Waals surface area (Å²) in [5, 5.41) is 1.93. The van der Waals surface area contributed by atoms with E-state index in [-0.39, 0.29) is 6.04 Å². The predicted molar refractivity (Wildman–Crippen MR) is 84.1 cm³/mol. The maximum absolute atomic E-state index is 6.33. The minimum atomic E-state index is -0.277. The Labute approximate surface area is 130 Å². The molecule has 108 valence electrons. The largest absolute Gasteiger partial charge is 0.496 e. The van der Waals surface area contributed by atoms with Gasteiger partial charge in [0.2, 0.25) is 0 Å². The zero-order valence-electron chi connectivity index (χ0n) is 11.5. The Morgan fingerprint density at radius 1 is 1.15 bits per heavy atom. The van der Waals surface area contributed by atoms with Gasteiger partial charge >= 0.3 is 0 Å². The Kier molecular flexibility index (Phi) is 4.91.